The number of nitrogens with zero attached hydrogens (tertiary/aromatic N) is 1. The van der Waals surface area contributed by atoms with Gasteiger partial charge in [-0.2, -0.15) is 0 Å². The van der Waals surface area contributed by atoms with Crippen molar-refractivity contribution in [2.45, 2.75) is 110 Å². The number of fused-ring (bicyclic) bond motifs is 2. The number of allylic oxidation sites excluding steroid dienone is 4. The van der Waals surface area contributed by atoms with E-state index in [9.17, 15) is 48.5 Å². The molecule has 0 spiro atoms. The molecule has 2 bridgehead atoms. The largest absolute Gasteiger partial charge is 0.508 e. The van der Waals surface area contributed by atoms with Crippen LogP contribution in [0.15, 0.2) is 66.3 Å². The zero-order chi connectivity index (χ0) is 43.1. The summed E-state index contributed by atoms with van der Waals surface area (Å²) in [6.45, 7) is 8.21. The number of carbonyl (C=O) groups excluding carboxylic acids is 6. The Hall–Kier alpha value is -4.99. The van der Waals surface area contributed by atoms with Crippen LogP contribution in [-0.2, 0) is 44.7 Å². The number of methoxy groups -OCH3 is 1. The second-order valence-electron chi connectivity index (χ2n) is 15.4. The van der Waals surface area contributed by atoms with Gasteiger partial charge in [0.2, 0.25) is 5.91 Å². The van der Waals surface area contributed by atoms with Crippen LogP contribution < -0.4 is 10.7 Å². The van der Waals surface area contributed by atoms with Crippen LogP contribution in [0.4, 0.5) is 4.39 Å². The number of cyclic esters (lactones) is 1. The Labute approximate surface area is 339 Å². The summed E-state index contributed by atoms with van der Waals surface area (Å²) in [6.07, 6.45) is 7.29. The number of rotatable bonds is 9. The second-order valence-corrected chi connectivity index (χ2v) is 15.4. The van der Waals surface area contributed by atoms with Gasteiger partial charge in [0.1, 0.15) is 41.3 Å². The molecule has 1 unspecified atom stereocenters. The van der Waals surface area contributed by atoms with Crippen LogP contribution in [0.2, 0.25) is 0 Å². The number of Topliss-reactive ketones (excluding diaryl/α,β-unsaturated/α-hetero) is 2. The van der Waals surface area contributed by atoms with Crippen LogP contribution in [-0.4, -0.2) is 99.7 Å². The molecule has 1 fully saturated rings. The van der Waals surface area contributed by atoms with Crippen LogP contribution in [0.25, 0.3) is 0 Å². The number of ether oxygens (including phenoxy) is 2. The molecular weight excluding hydrogens is 753 g/mol. The van der Waals surface area contributed by atoms with Crippen LogP contribution >= 0.6 is 0 Å². The summed E-state index contributed by atoms with van der Waals surface area (Å²) in [6, 6.07) is 0.938. The molecule has 15 heteroatoms. The van der Waals surface area contributed by atoms with Gasteiger partial charge in [0.05, 0.1) is 19.3 Å². The maximum absolute atomic E-state index is 14.4. The number of carbonyl (C=O) groups is 6. The summed E-state index contributed by atoms with van der Waals surface area (Å²) in [5.74, 6) is -7.90. The number of phenols is 1. The third-order valence-electron chi connectivity index (χ3n) is 10.5. The molecule has 58 heavy (non-hydrogen) atoms. The number of esters is 2. The van der Waals surface area contributed by atoms with Gasteiger partial charge < -0.3 is 34.9 Å². The van der Waals surface area contributed by atoms with E-state index in [1.165, 1.54) is 43.3 Å². The Balaban J connectivity index is 2.10. The predicted octanol–water partition coefficient (Wildman–Crippen LogP) is 3.73. The summed E-state index contributed by atoms with van der Waals surface area (Å²) in [7, 11) is 1.24. The first kappa shape index (κ1) is 47.4. The molecule has 14 nitrogen and oxygen atoms in total. The highest BCUT2D eigenvalue weighted by molar-refractivity contribution is 5.92. The molecule has 0 radical (unpaired) electrons. The Kier molecular flexibility index (Phi) is 18.6. The van der Waals surface area contributed by atoms with Gasteiger partial charge in [-0.3, -0.25) is 24.2 Å². The monoisotopic (exact) mass is 811 g/mol. The maximum atomic E-state index is 14.4. The number of amides is 2. The highest BCUT2D eigenvalue weighted by atomic mass is 19.1. The first-order chi connectivity index (χ1) is 27.4. The molecule has 1 aromatic carbocycles. The fraction of sp³-hybridized carbons (Fsp3) is 0.535. The van der Waals surface area contributed by atoms with E-state index in [1.807, 2.05) is 0 Å². The molecule has 2 aliphatic heterocycles. The minimum atomic E-state index is -1.40. The van der Waals surface area contributed by atoms with E-state index >= 15 is 0 Å². The smallest absolute Gasteiger partial charge is 0.330 e. The summed E-state index contributed by atoms with van der Waals surface area (Å²) in [4.78, 5) is 79.7. The normalized spacial score (nSPS) is 28.6. The number of halogens is 1. The zero-order valence-corrected chi connectivity index (χ0v) is 34.1. The molecule has 3 rings (SSSR count). The maximum Gasteiger partial charge on any atom is 0.330 e. The molecule has 0 aromatic heterocycles. The van der Waals surface area contributed by atoms with E-state index < -0.39 is 95.2 Å². The number of ketones is 2. The van der Waals surface area contributed by atoms with E-state index in [2.05, 4.69) is 15.5 Å². The number of aliphatic hydroxyl groups is 2. The lowest BCUT2D eigenvalue weighted by atomic mass is 9.78. The van der Waals surface area contributed by atoms with Crippen molar-refractivity contribution in [1.82, 2.24) is 15.8 Å². The lowest BCUT2D eigenvalue weighted by Gasteiger charge is -2.36. The van der Waals surface area contributed by atoms with Gasteiger partial charge in [0.15, 0.2) is 0 Å². The topological polar surface area (TPSA) is 209 Å². The molecule has 8 atom stereocenters. The molecule has 2 amide bonds. The first-order valence-electron chi connectivity index (χ1n) is 19.6. The lowest BCUT2D eigenvalue weighted by molar-refractivity contribution is -0.156. The van der Waals surface area contributed by atoms with E-state index in [0.29, 0.717) is 18.4 Å². The van der Waals surface area contributed by atoms with Crippen molar-refractivity contribution in [2.24, 2.45) is 23.7 Å². The van der Waals surface area contributed by atoms with Gasteiger partial charge in [0.25, 0.3) is 5.91 Å². The van der Waals surface area contributed by atoms with Gasteiger partial charge >= 0.3 is 11.9 Å². The van der Waals surface area contributed by atoms with Gasteiger partial charge in [-0.15, -0.1) is 0 Å². The highest BCUT2D eigenvalue weighted by Gasteiger charge is 2.39. The molecule has 0 aliphatic carbocycles. The number of aliphatic hydroxyl groups excluding tert-OH is 2. The fourth-order valence-corrected chi connectivity index (χ4v) is 6.85. The molecule has 2 aliphatic rings. The molecule has 1 aromatic rings. The molecule has 1 saturated heterocycles. The standard InChI is InChI=1S/C43H58FN3O11/c1-25(2)33-24-37(51)32(18-17-27(4)48)40(53)28(5)36(50)14-8-7-9-15-38(26(3)12-10-16-39(52)57-6)58-43(56)34-13-11-19-47(46-34)42(55)35(45-41(33)54)22-29-20-30(44)23-31(49)21-29/h7-10,12,14,16,20-21,23,25,28,32-36,38,40,46,49-50,53H,11,13,15,17-19,22,24H2,1-6H3,(H,45,54)/b9-7+,14-8+,16-10+,26-12+/t28-,32-,33-,34?,35-,36-,38-,40+/m0/s1. The Bertz CT molecular complexity index is 1740. The van der Waals surface area contributed by atoms with Gasteiger partial charge in [-0.25, -0.2) is 14.6 Å². The highest BCUT2D eigenvalue weighted by Crippen LogP contribution is 2.28. The average Bonchev–Trinajstić information content (AvgIpc) is 3.17. The summed E-state index contributed by atoms with van der Waals surface area (Å²) < 4.78 is 25.0. The van der Waals surface area contributed by atoms with Gasteiger partial charge in [0, 0.05) is 62.1 Å². The Morgan fingerprint density at radius 3 is 2.48 bits per heavy atom. The van der Waals surface area contributed by atoms with E-state index in [0.717, 1.165) is 12.1 Å². The number of aromatic hydroxyl groups is 1. The van der Waals surface area contributed by atoms with Crippen LogP contribution in [0.3, 0.4) is 0 Å². The zero-order valence-electron chi connectivity index (χ0n) is 34.1. The Morgan fingerprint density at radius 2 is 1.83 bits per heavy atom. The van der Waals surface area contributed by atoms with Crippen molar-refractivity contribution in [3.63, 3.8) is 0 Å². The third-order valence-corrected chi connectivity index (χ3v) is 10.5. The quantitative estimate of drug-likeness (QED) is 0.137. The SMILES string of the molecule is COC(=O)/C=C/C=C(\C)[C@@H]1C/C=C/C=C/[C@H](O)[C@H](C)[C@@H](O)[C@@H](CCC(C)=O)C(=O)C[C@@H](C(C)C)C(=O)N[C@@H](Cc2cc(O)cc(F)c2)C(=O)N2CCCC(N2)C(=O)O1. The molecule has 0 saturated carbocycles. The van der Waals surface area contributed by atoms with Crippen molar-refractivity contribution in [3.8, 4) is 5.75 Å². The molecular formula is C43H58FN3O11. The summed E-state index contributed by atoms with van der Waals surface area (Å²) >= 11 is 0. The number of hydrazine groups is 1. The van der Waals surface area contributed by atoms with Crippen molar-refractivity contribution in [3.05, 3.63) is 77.7 Å². The first-order valence-corrected chi connectivity index (χ1v) is 19.6. The number of benzene rings is 1. The third kappa shape index (κ3) is 14.4. The van der Waals surface area contributed by atoms with Crippen molar-refractivity contribution in [2.75, 3.05) is 13.7 Å². The predicted molar refractivity (Wildman–Crippen MR) is 212 cm³/mol. The number of phenolic OH excluding ortho intramolecular Hbond substituents is 1. The number of nitrogens with one attached hydrogen (secondary N) is 2. The molecule has 318 valence electrons. The fourth-order valence-electron chi connectivity index (χ4n) is 6.85. The lowest BCUT2D eigenvalue weighted by Crippen LogP contribution is -2.61. The number of hydrogen-bond acceptors (Lipinski definition) is 12. The molecule has 2 heterocycles. The minimum absolute atomic E-state index is 0.0176. The average molecular weight is 812 g/mol. The summed E-state index contributed by atoms with van der Waals surface area (Å²) in [5.41, 5.74) is 3.69. The number of hydrogen-bond donors (Lipinski definition) is 5. The van der Waals surface area contributed by atoms with Gasteiger partial charge in [-0.1, -0.05) is 57.2 Å². The van der Waals surface area contributed by atoms with Crippen molar-refractivity contribution in [1.29, 1.82) is 0 Å². The van der Waals surface area contributed by atoms with E-state index in [4.69, 9.17) is 4.74 Å². The second kappa shape index (κ2) is 22.8. The Morgan fingerprint density at radius 1 is 1.10 bits per heavy atom. The van der Waals surface area contributed by atoms with Crippen LogP contribution in [0.5, 0.6) is 5.75 Å². The minimum Gasteiger partial charge on any atom is -0.508 e. The van der Waals surface area contributed by atoms with Gasteiger partial charge in [-0.05, 0) is 62.3 Å². The summed E-state index contributed by atoms with van der Waals surface area (Å²) in [5, 5.41) is 36.6. The van der Waals surface area contributed by atoms with Crippen molar-refractivity contribution < 1.29 is 58.0 Å². The van der Waals surface area contributed by atoms with E-state index in [1.54, 1.807) is 52.0 Å². The molecule has 5 N–H and O–H groups in total. The van der Waals surface area contributed by atoms with Crippen molar-refractivity contribution >= 4 is 35.3 Å². The van der Waals surface area contributed by atoms with Crippen LogP contribution in [0, 0.1) is 29.5 Å². The van der Waals surface area contributed by atoms with E-state index in [-0.39, 0.29) is 50.0 Å². The van der Waals surface area contributed by atoms with Crippen LogP contribution in [0.1, 0.15) is 78.7 Å².